The molecule has 0 bridgehead atoms. The normalized spacial score (nSPS) is 13.0. The smallest absolute Gasteiger partial charge is 0.335 e. The Hall–Kier alpha value is -6.14. The summed E-state index contributed by atoms with van der Waals surface area (Å²) in [7, 11) is 2.73. The number of fused-ring (bicyclic) bond motifs is 2. The van der Waals surface area contributed by atoms with Crippen LogP contribution < -0.4 is 10.6 Å². The van der Waals surface area contributed by atoms with E-state index in [9.17, 15) is 9.59 Å². The Morgan fingerprint density at radius 2 is 0.854 bits per heavy atom. The van der Waals surface area contributed by atoms with Crippen molar-refractivity contribution in [2.75, 3.05) is 24.9 Å². The number of carbonyl (C=O) groups excluding carboxylic acids is 2. The third kappa shape index (κ3) is 6.04. The Balaban J connectivity index is 1.15. The molecule has 236 valence electrons. The number of ether oxygens (including phenoxy) is 2. The first-order valence-electron chi connectivity index (χ1n) is 15.8. The molecule has 0 saturated heterocycles. The van der Waals surface area contributed by atoms with Gasteiger partial charge >= 0.3 is 11.9 Å². The van der Waals surface area contributed by atoms with E-state index < -0.39 is 11.9 Å². The maximum absolute atomic E-state index is 13.1. The second kappa shape index (κ2) is 13.3. The topological polar surface area (TPSA) is 76.7 Å². The molecule has 0 atom stereocenters. The van der Waals surface area contributed by atoms with Gasteiger partial charge in [0, 0.05) is 35.6 Å². The zero-order valence-electron chi connectivity index (χ0n) is 26.7. The summed E-state index contributed by atoms with van der Waals surface area (Å²) < 4.78 is 10.4. The Bertz CT molecular complexity index is 2060. The molecule has 0 fully saturated rings. The Morgan fingerprint density at radius 1 is 0.479 bits per heavy atom. The van der Waals surface area contributed by atoms with Gasteiger partial charge in [-0.1, -0.05) is 109 Å². The number of esters is 2. The summed E-state index contributed by atoms with van der Waals surface area (Å²) in [4.78, 5) is 26.2. The van der Waals surface area contributed by atoms with Gasteiger partial charge in [-0.15, -0.1) is 0 Å². The number of methoxy groups -OCH3 is 2. The second-order valence-electron chi connectivity index (χ2n) is 11.7. The van der Waals surface area contributed by atoms with Crippen molar-refractivity contribution in [1.82, 2.24) is 0 Å². The molecule has 2 N–H and O–H groups in total. The number of hydrogen-bond donors (Lipinski definition) is 2. The van der Waals surface area contributed by atoms with E-state index >= 15 is 0 Å². The van der Waals surface area contributed by atoms with Crippen LogP contribution in [0.15, 0.2) is 156 Å². The van der Waals surface area contributed by atoms with Crippen molar-refractivity contribution < 1.29 is 19.1 Å². The molecule has 0 saturated carbocycles. The molecule has 0 radical (unpaired) electrons. The van der Waals surface area contributed by atoms with Crippen molar-refractivity contribution in [2.45, 2.75) is 12.8 Å². The first kappa shape index (κ1) is 30.5. The van der Waals surface area contributed by atoms with Gasteiger partial charge in [-0.25, -0.2) is 9.59 Å². The monoisotopic (exact) mass is 630 g/mol. The molecular weight excluding hydrogens is 596 g/mol. The highest BCUT2D eigenvalue weighted by atomic mass is 16.5. The van der Waals surface area contributed by atoms with Crippen LogP contribution in [-0.4, -0.2) is 26.2 Å². The van der Waals surface area contributed by atoms with Crippen LogP contribution in [0.5, 0.6) is 0 Å². The van der Waals surface area contributed by atoms with E-state index in [-0.39, 0.29) is 12.8 Å². The van der Waals surface area contributed by atoms with E-state index in [2.05, 4.69) is 95.6 Å². The number of nitrogens with one attached hydrogen (secondary N) is 2. The average Bonchev–Trinajstić information content (AvgIpc) is 3.14. The molecule has 6 aromatic rings. The molecule has 1 aliphatic rings. The molecule has 0 aromatic heterocycles. The lowest BCUT2D eigenvalue weighted by atomic mass is 9.92. The number of hydrogen-bond acceptors (Lipinski definition) is 6. The number of carbonyl (C=O) groups is 2. The van der Waals surface area contributed by atoms with Crippen molar-refractivity contribution in [1.29, 1.82) is 0 Å². The third-order valence-electron chi connectivity index (χ3n) is 8.86. The van der Waals surface area contributed by atoms with Gasteiger partial charge in [0.2, 0.25) is 0 Å². The molecule has 7 rings (SSSR count). The molecule has 1 aliphatic carbocycles. The van der Waals surface area contributed by atoms with Crippen molar-refractivity contribution in [3.8, 4) is 22.3 Å². The van der Waals surface area contributed by atoms with Crippen LogP contribution in [0.1, 0.15) is 12.8 Å². The quantitative estimate of drug-likeness (QED) is 0.163. The largest absolute Gasteiger partial charge is 0.466 e. The van der Waals surface area contributed by atoms with Crippen LogP contribution in [0, 0.1) is 0 Å². The molecule has 0 aliphatic heterocycles. The summed E-state index contributed by atoms with van der Waals surface area (Å²) in [6.07, 6.45) is 0.331. The minimum absolute atomic E-state index is 0.165. The predicted molar refractivity (Wildman–Crippen MR) is 193 cm³/mol. The van der Waals surface area contributed by atoms with Crippen LogP contribution in [0.4, 0.5) is 11.4 Å². The zero-order valence-corrected chi connectivity index (χ0v) is 26.7. The van der Waals surface area contributed by atoms with Crippen LogP contribution in [-0.2, 0) is 19.1 Å². The predicted octanol–water partition coefficient (Wildman–Crippen LogP) is 9.50. The zero-order chi connectivity index (χ0) is 33.0. The maximum atomic E-state index is 13.1. The van der Waals surface area contributed by atoms with E-state index in [0.717, 1.165) is 33.6 Å². The van der Waals surface area contributed by atoms with Crippen molar-refractivity contribution in [3.63, 3.8) is 0 Å². The fraction of sp³-hybridized carbons (Fsp3) is 0.0952. The van der Waals surface area contributed by atoms with Gasteiger partial charge in [0.25, 0.3) is 0 Å². The minimum atomic E-state index is -0.459. The van der Waals surface area contributed by atoms with Gasteiger partial charge in [-0.05, 0) is 68.1 Å². The van der Waals surface area contributed by atoms with Crippen molar-refractivity contribution in [3.05, 3.63) is 156 Å². The molecule has 48 heavy (non-hydrogen) atoms. The highest BCUT2D eigenvalue weighted by Crippen LogP contribution is 2.35. The van der Waals surface area contributed by atoms with Crippen molar-refractivity contribution >= 4 is 44.9 Å². The van der Waals surface area contributed by atoms with Gasteiger partial charge in [-0.2, -0.15) is 0 Å². The number of anilines is 2. The lowest BCUT2D eigenvalue weighted by Crippen LogP contribution is -2.24. The molecular formula is C42H34N2O4. The highest BCUT2D eigenvalue weighted by molar-refractivity contribution is 5.99. The molecule has 6 nitrogen and oxygen atoms in total. The Kier molecular flexibility index (Phi) is 8.46. The van der Waals surface area contributed by atoms with Gasteiger partial charge in [0.05, 0.1) is 25.4 Å². The standard InChI is InChI=1S/C42H34N2O4/c1-47-41(45)37-25-40(44-32-23-19-30(20-24-32)36-16-8-12-28-10-4-6-14-34(28)36)38(42(46)48-2)26-39(37)43-31-21-17-29(18-22-31)35-15-7-11-27-9-3-5-13-33(27)35/h3-24,43-44H,25-26H2,1-2H3. The Labute approximate surface area is 279 Å². The summed E-state index contributed by atoms with van der Waals surface area (Å²) >= 11 is 0. The fourth-order valence-corrected chi connectivity index (χ4v) is 6.43. The fourth-order valence-electron chi connectivity index (χ4n) is 6.43. The summed E-state index contributed by atoms with van der Waals surface area (Å²) in [6, 6.07) is 45.3. The molecule has 0 unspecified atom stereocenters. The van der Waals surface area contributed by atoms with Crippen LogP contribution in [0.25, 0.3) is 43.8 Å². The number of benzene rings is 6. The molecule has 0 heterocycles. The number of rotatable bonds is 8. The lowest BCUT2D eigenvalue weighted by Gasteiger charge is -2.26. The molecule has 0 spiro atoms. The summed E-state index contributed by atoms with van der Waals surface area (Å²) in [5.74, 6) is -0.918. The van der Waals surface area contributed by atoms with E-state index in [4.69, 9.17) is 9.47 Å². The lowest BCUT2D eigenvalue weighted by molar-refractivity contribution is -0.137. The second-order valence-corrected chi connectivity index (χ2v) is 11.7. The van der Waals surface area contributed by atoms with Crippen molar-refractivity contribution in [2.24, 2.45) is 0 Å². The number of allylic oxidation sites excluding steroid dienone is 2. The minimum Gasteiger partial charge on any atom is -0.466 e. The van der Waals surface area contributed by atoms with Crippen LogP contribution in [0.3, 0.4) is 0 Å². The average molecular weight is 631 g/mol. The third-order valence-corrected chi connectivity index (χ3v) is 8.86. The van der Waals surface area contributed by atoms with Gasteiger partial charge < -0.3 is 20.1 Å². The van der Waals surface area contributed by atoms with Gasteiger partial charge in [0.15, 0.2) is 0 Å². The maximum Gasteiger partial charge on any atom is 0.335 e. The van der Waals surface area contributed by atoms with E-state index in [1.54, 1.807) is 0 Å². The van der Waals surface area contributed by atoms with Crippen LogP contribution >= 0.6 is 0 Å². The summed E-state index contributed by atoms with van der Waals surface area (Å²) in [5, 5.41) is 11.5. The van der Waals surface area contributed by atoms with Gasteiger partial charge in [-0.3, -0.25) is 0 Å². The van der Waals surface area contributed by atoms with E-state index in [1.165, 1.54) is 35.8 Å². The first-order valence-corrected chi connectivity index (χ1v) is 15.8. The SMILES string of the molecule is COC(=O)C1=C(Nc2ccc(-c3cccc4ccccc34)cc2)CC(C(=O)OC)=C(Nc2ccc(-c3cccc4ccccc34)cc2)C1. The van der Waals surface area contributed by atoms with Gasteiger partial charge in [0.1, 0.15) is 0 Å². The summed E-state index contributed by atoms with van der Waals surface area (Å²) in [5.41, 5.74) is 8.10. The van der Waals surface area contributed by atoms with E-state index in [1.807, 2.05) is 48.5 Å². The Morgan fingerprint density at radius 3 is 1.25 bits per heavy atom. The molecule has 6 aromatic carbocycles. The molecule has 6 heteroatoms. The molecule has 0 amide bonds. The first-order chi connectivity index (χ1) is 23.5. The van der Waals surface area contributed by atoms with Crippen LogP contribution in [0.2, 0.25) is 0 Å². The van der Waals surface area contributed by atoms with E-state index in [0.29, 0.717) is 22.5 Å². The highest BCUT2D eigenvalue weighted by Gasteiger charge is 2.30. The summed E-state index contributed by atoms with van der Waals surface area (Å²) in [6.45, 7) is 0.